The number of para-hydroxylation sites is 1. The van der Waals surface area contributed by atoms with Crippen molar-refractivity contribution < 1.29 is 9.18 Å². The van der Waals surface area contributed by atoms with E-state index in [0.717, 1.165) is 16.7 Å². The summed E-state index contributed by atoms with van der Waals surface area (Å²) in [5.74, 6) is -0.737. The second-order valence-corrected chi connectivity index (χ2v) is 7.31. The first kappa shape index (κ1) is 19.8. The van der Waals surface area contributed by atoms with Gasteiger partial charge in [0.05, 0.1) is 11.4 Å². The molecule has 7 heteroatoms. The van der Waals surface area contributed by atoms with Crippen molar-refractivity contribution in [1.82, 2.24) is 14.8 Å². The summed E-state index contributed by atoms with van der Waals surface area (Å²) in [5.41, 5.74) is 3.54. The molecule has 0 atom stereocenters. The molecule has 4 aromatic rings. The summed E-state index contributed by atoms with van der Waals surface area (Å²) in [6.07, 6.45) is 0. The molecule has 0 saturated heterocycles. The number of aromatic nitrogens is 3. The van der Waals surface area contributed by atoms with Gasteiger partial charge in [-0.2, -0.15) is 0 Å². The van der Waals surface area contributed by atoms with E-state index in [-0.39, 0.29) is 11.5 Å². The molecule has 30 heavy (non-hydrogen) atoms. The first-order chi connectivity index (χ1) is 14.4. The third-order valence-corrected chi connectivity index (χ3v) is 5.05. The van der Waals surface area contributed by atoms with Gasteiger partial charge in [-0.3, -0.25) is 4.79 Å². The number of nitrogens with zero attached hydrogens (tertiary/aromatic N) is 3. The van der Waals surface area contributed by atoms with E-state index in [1.54, 1.807) is 22.9 Å². The molecule has 4 rings (SSSR count). The van der Waals surface area contributed by atoms with Gasteiger partial charge in [-0.15, -0.1) is 5.10 Å². The zero-order chi connectivity index (χ0) is 21.3. The van der Waals surface area contributed by atoms with Gasteiger partial charge < -0.3 is 5.32 Å². The summed E-state index contributed by atoms with van der Waals surface area (Å²) < 4.78 is 15.5. The highest BCUT2D eigenvalue weighted by Crippen LogP contribution is 2.25. The van der Waals surface area contributed by atoms with Crippen molar-refractivity contribution in [3.63, 3.8) is 0 Å². The minimum absolute atomic E-state index is 0.0640. The number of hydrogen-bond donors (Lipinski definition) is 1. The Morgan fingerprint density at radius 2 is 1.77 bits per heavy atom. The van der Waals surface area contributed by atoms with Gasteiger partial charge in [-0.05, 0) is 43.7 Å². The van der Waals surface area contributed by atoms with Gasteiger partial charge in [-0.1, -0.05) is 59.6 Å². The molecule has 1 heterocycles. The average molecular weight is 421 g/mol. The lowest BCUT2D eigenvalue weighted by atomic mass is 10.1. The van der Waals surface area contributed by atoms with E-state index in [1.807, 2.05) is 50.2 Å². The maximum absolute atomic E-state index is 13.9. The van der Waals surface area contributed by atoms with E-state index >= 15 is 0 Å². The van der Waals surface area contributed by atoms with Gasteiger partial charge in [-0.25, -0.2) is 14.1 Å². The first-order valence-corrected chi connectivity index (χ1v) is 9.66. The van der Waals surface area contributed by atoms with Crippen LogP contribution in [0.2, 0.25) is 5.02 Å². The van der Waals surface area contributed by atoms with Crippen LogP contribution < -0.4 is 5.32 Å². The molecule has 0 unspecified atom stereocenters. The third kappa shape index (κ3) is 3.95. The highest BCUT2D eigenvalue weighted by Gasteiger charge is 2.20. The number of carbonyl (C=O) groups excluding carboxylic acids is 1. The summed E-state index contributed by atoms with van der Waals surface area (Å²) in [6, 6.07) is 19.1. The van der Waals surface area contributed by atoms with Crippen LogP contribution in [0.15, 0.2) is 66.7 Å². The van der Waals surface area contributed by atoms with Crippen LogP contribution in [-0.4, -0.2) is 20.7 Å². The van der Waals surface area contributed by atoms with Gasteiger partial charge in [0, 0.05) is 10.6 Å². The standard InChI is InChI=1S/C23H18ClFN4O/c1-14-7-10-16(11-8-14)22-27-21(23(30)26-20-6-4-3-5-19(20)25)28-29(22)17-12-9-15(2)18(24)13-17/h3-13H,1-2H3,(H,26,30). The van der Waals surface area contributed by atoms with Crippen molar-refractivity contribution >= 4 is 23.2 Å². The van der Waals surface area contributed by atoms with E-state index in [0.29, 0.717) is 16.5 Å². The topological polar surface area (TPSA) is 59.8 Å². The molecule has 5 nitrogen and oxygen atoms in total. The van der Waals surface area contributed by atoms with Crippen LogP contribution in [0.25, 0.3) is 17.1 Å². The van der Waals surface area contributed by atoms with Crippen LogP contribution in [0.1, 0.15) is 21.7 Å². The number of halogens is 2. The first-order valence-electron chi connectivity index (χ1n) is 9.29. The summed E-state index contributed by atoms with van der Waals surface area (Å²) in [4.78, 5) is 17.2. The van der Waals surface area contributed by atoms with E-state index in [9.17, 15) is 9.18 Å². The number of rotatable bonds is 4. The van der Waals surface area contributed by atoms with Gasteiger partial charge in [0.2, 0.25) is 5.82 Å². The Morgan fingerprint density at radius 3 is 2.47 bits per heavy atom. The molecular weight excluding hydrogens is 403 g/mol. The Bertz CT molecular complexity index is 1230. The molecule has 1 amide bonds. The maximum Gasteiger partial charge on any atom is 0.295 e. The summed E-state index contributed by atoms with van der Waals surface area (Å²) in [7, 11) is 0. The lowest BCUT2D eigenvalue weighted by molar-refractivity contribution is 0.101. The van der Waals surface area contributed by atoms with Gasteiger partial charge >= 0.3 is 0 Å². The molecule has 1 aromatic heterocycles. The minimum atomic E-state index is -0.606. The predicted octanol–water partition coefficient (Wildman–Crippen LogP) is 5.60. The molecule has 1 N–H and O–H groups in total. The lowest BCUT2D eigenvalue weighted by Gasteiger charge is -2.08. The molecule has 0 aliphatic carbocycles. The van der Waals surface area contributed by atoms with E-state index in [1.165, 1.54) is 12.1 Å². The number of hydrogen-bond acceptors (Lipinski definition) is 3. The molecule has 0 saturated carbocycles. The van der Waals surface area contributed by atoms with Crippen LogP contribution >= 0.6 is 11.6 Å². The van der Waals surface area contributed by atoms with Gasteiger partial charge in [0.1, 0.15) is 5.82 Å². The van der Waals surface area contributed by atoms with Crippen molar-refractivity contribution in [2.45, 2.75) is 13.8 Å². The van der Waals surface area contributed by atoms with Crippen molar-refractivity contribution in [3.8, 4) is 17.1 Å². The monoisotopic (exact) mass is 420 g/mol. The fourth-order valence-electron chi connectivity index (χ4n) is 2.93. The Balaban J connectivity index is 1.79. The third-order valence-electron chi connectivity index (χ3n) is 4.64. The smallest absolute Gasteiger partial charge is 0.295 e. The molecule has 0 spiro atoms. The number of amides is 1. The second-order valence-electron chi connectivity index (χ2n) is 6.90. The largest absolute Gasteiger partial charge is 0.317 e. The quantitative estimate of drug-likeness (QED) is 0.467. The number of aryl methyl sites for hydroxylation is 2. The van der Waals surface area contributed by atoms with Crippen molar-refractivity contribution in [2.75, 3.05) is 5.32 Å². The van der Waals surface area contributed by atoms with E-state index in [2.05, 4.69) is 15.4 Å². The van der Waals surface area contributed by atoms with E-state index < -0.39 is 11.7 Å². The summed E-state index contributed by atoms with van der Waals surface area (Å²) in [6.45, 7) is 3.89. The van der Waals surface area contributed by atoms with Crippen molar-refractivity contribution in [3.05, 3.63) is 94.5 Å². The van der Waals surface area contributed by atoms with Crippen LogP contribution in [0.4, 0.5) is 10.1 Å². The maximum atomic E-state index is 13.9. The number of nitrogens with one attached hydrogen (secondary N) is 1. The Morgan fingerprint density at radius 1 is 1.03 bits per heavy atom. The predicted molar refractivity (Wildman–Crippen MR) is 116 cm³/mol. The zero-order valence-electron chi connectivity index (χ0n) is 16.4. The molecule has 150 valence electrons. The molecule has 3 aromatic carbocycles. The Labute approximate surface area is 178 Å². The van der Waals surface area contributed by atoms with Crippen molar-refractivity contribution in [2.24, 2.45) is 0 Å². The van der Waals surface area contributed by atoms with Crippen LogP contribution in [0.3, 0.4) is 0 Å². The number of benzene rings is 3. The molecule has 0 radical (unpaired) electrons. The Hall–Kier alpha value is -3.51. The van der Waals surface area contributed by atoms with E-state index in [4.69, 9.17) is 11.6 Å². The zero-order valence-corrected chi connectivity index (χ0v) is 17.1. The molecule has 0 bridgehead atoms. The number of carbonyl (C=O) groups is 1. The Kier molecular flexibility index (Phi) is 5.33. The van der Waals surface area contributed by atoms with Crippen molar-refractivity contribution in [1.29, 1.82) is 0 Å². The normalized spacial score (nSPS) is 10.8. The van der Waals surface area contributed by atoms with Gasteiger partial charge in [0.25, 0.3) is 5.91 Å². The second kappa shape index (κ2) is 8.08. The van der Waals surface area contributed by atoms with Crippen LogP contribution in [0.5, 0.6) is 0 Å². The van der Waals surface area contributed by atoms with Crippen LogP contribution in [-0.2, 0) is 0 Å². The molecular formula is C23H18ClFN4O. The molecule has 0 fully saturated rings. The lowest BCUT2D eigenvalue weighted by Crippen LogP contribution is -2.15. The number of anilines is 1. The average Bonchev–Trinajstić information content (AvgIpc) is 3.18. The fraction of sp³-hybridized carbons (Fsp3) is 0.0870. The summed E-state index contributed by atoms with van der Waals surface area (Å²) in [5, 5.41) is 7.49. The summed E-state index contributed by atoms with van der Waals surface area (Å²) >= 11 is 6.29. The fourth-order valence-corrected chi connectivity index (χ4v) is 3.11. The highest BCUT2D eigenvalue weighted by atomic mass is 35.5. The van der Waals surface area contributed by atoms with Gasteiger partial charge in [0.15, 0.2) is 5.82 Å². The minimum Gasteiger partial charge on any atom is -0.317 e. The highest BCUT2D eigenvalue weighted by molar-refractivity contribution is 6.31. The molecule has 0 aliphatic rings. The van der Waals surface area contributed by atoms with Crippen LogP contribution in [0, 0.1) is 19.7 Å². The SMILES string of the molecule is Cc1ccc(-c2nc(C(=O)Nc3ccccc3F)nn2-c2ccc(C)c(Cl)c2)cc1. The molecule has 0 aliphatic heterocycles.